The molecule has 1 saturated carbocycles. The molecule has 0 aromatic rings. The van der Waals surface area contributed by atoms with E-state index in [1.54, 1.807) is 7.05 Å². The van der Waals surface area contributed by atoms with Crippen molar-refractivity contribution in [1.29, 1.82) is 0 Å². The number of aliphatic hydroxyl groups is 1. The maximum atomic E-state index is 11.8. The van der Waals surface area contributed by atoms with Crippen LogP contribution in [0.15, 0.2) is 0 Å². The maximum absolute atomic E-state index is 11.8. The van der Waals surface area contributed by atoms with Gasteiger partial charge in [-0.2, -0.15) is 0 Å². The summed E-state index contributed by atoms with van der Waals surface area (Å²) in [6, 6.07) is -1.30. The molecule has 98 valence electrons. The number of nitrogens with one attached hydrogen (secondary N) is 1. The van der Waals surface area contributed by atoms with Gasteiger partial charge in [-0.3, -0.25) is 0 Å². The minimum absolute atomic E-state index is 0.0206. The van der Waals surface area contributed by atoms with Gasteiger partial charge in [0.15, 0.2) is 0 Å². The number of carboxylic acids is 1. The quantitative estimate of drug-likeness (QED) is 0.625. The molecule has 0 radical (unpaired) electrons. The Morgan fingerprint density at radius 1 is 1.47 bits per heavy atom. The summed E-state index contributed by atoms with van der Waals surface area (Å²) in [6.07, 6.45) is 2.27. The lowest BCUT2D eigenvalue weighted by Gasteiger charge is -2.26. The van der Waals surface area contributed by atoms with Gasteiger partial charge in [-0.25, -0.2) is 9.59 Å². The maximum Gasteiger partial charge on any atom is 0.326 e. The Hall–Kier alpha value is -1.30. The fourth-order valence-corrected chi connectivity index (χ4v) is 1.72. The summed E-state index contributed by atoms with van der Waals surface area (Å²) in [5, 5.41) is 20.0. The van der Waals surface area contributed by atoms with E-state index in [-0.39, 0.29) is 19.1 Å². The number of amides is 2. The molecule has 0 aliphatic heterocycles. The van der Waals surface area contributed by atoms with Gasteiger partial charge in [0, 0.05) is 26.1 Å². The van der Waals surface area contributed by atoms with Gasteiger partial charge in [0.05, 0.1) is 0 Å². The molecule has 1 aliphatic rings. The summed E-state index contributed by atoms with van der Waals surface area (Å²) < 4.78 is 0. The number of aliphatic hydroxyl groups excluding tert-OH is 1. The van der Waals surface area contributed by atoms with Gasteiger partial charge in [0.25, 0.3) is 0 Å². The number of carboxylic acid groups (broad SMARTS) is 1. The molecule has 0 saturated heterocycles. The van der Waals surface area contributed by atoms with Crippen LogP contribution >= 0.6 is 0 Å². The average molecular weight is 244 g/mol. The van der Waals surface area contributed by atoms with Gasteiger partial charge in [-0.05, 0) is 25.7 Å². The van der Waals surface area contributed by atoms with E-state index in [4.69, 9.17) is 10.2 Å². The first-order valence-electron chi connectivity index (χ1n) is 5.84. The van der Waals surface area contributed by atoms with Crippen molar-refractivity contribution in [2.75, 3.05) is 13.7 Å². The van der Waals surface area contributed by atoms with E-state index in [1.807, 2.05) is 6.92 Å². The molecule has 17 heavy (non-hydrogen) atoms. The highest BCUT2D eigenvalue weighted by molar-refractivity contribution is 5.82. The van der Waals surface area contributed by atoms with Crippen molar-refractivity contribution in [1.82, 2.24) is 10.2 Å². The van der Waals surface area contributed by atoms with Crippen LogP contribution in [-0.2, 0) is 4.79 Å². The highest BCUT2D eigenvalue weighted by Gasteiger charge is 2.33. The van der Waals surface area contributed by atoms with Crippen LogP contribution in [0.3, 0.4) is 0 Å². The average Bonchev–Trinajstić information content (AvgIpc) is 3.09. The van der Waals surface area contributed by atoms with Crippen LogP contribution in [0.4, 0.5) is 4.79 Å². The van der Waals surface area contributed by atoms with Crippen molar-refractivity contribution in [2.45, 2.75) is 38.3 Å². The van der Waals surface area contributed by atoms with Gasteiger partial charge >= 0.3 is 12.0 Å². The molecule has 1 aliphatic carbocycles. The number of nitrogens with zero attached hydrogens (tertiary/aromatic N) is 1. The zero-order chi connectivity index (χ0) is 13.0. The van der Waals surface area contributed by atoms with Crippen molar-refractivity contribution in [3.8, 4) is 0 Å². The van der Waals surface area contributed by atoms with Gasteiger partial charge < -0.3 is 20.4 Å². The van der Waals surface area contributed by atoms with Crippen molar-refractivity contribution >= 4 is 12.0 Å². The second-order valence-electron chi connectivity index (χ2n) is 4.54. The van der Waals surface area contributed by atoms with E-state index in [1.165, 1.54) is 4.90 Å². The highest BCUT2D eigenvalue weighted by Crippen LogP contribution is 2.34. The largest absolute Gasteiger partial charge is 0.480 e. The molecular formula is C11H20N2O4. The minimum atomic E-state index is -1.13. The Kier molecular flexibility index (Phi) is 4.74. The number of rotatable bonds is 6. The van der Waals surface area contributed by atoms with Crippen LogP contribution < -0.4 is 5.32 Å². The van der Waals surface area contributed by atoms with Crippen molar-refractivity contribution in [3.05, 3.63) is 0 Å². The first kappa shape index (κ1) is 13.8. The lowest BCUT2D eigenvalue weighted by Crippen LogP contribution is -2.49. The number of hydrogen-bond acceptors (Lipinski definition) is 3. The van der Waals surface area contributed by atoms with Crippen LogP contribution in [0.2, 0.25) is 0 Å². The molecule has 6 heteroatoms. The van der Waals surface area contributed by atoms with Crippen LogP contribution in [0.5, 0.6) is 0 Å². The van der Waals surface area contributed by atoms with Crippen LogP contribution in [0.1, 0.15) is 26.2 Å². The highest BCUT2D eigenvalue weighted by atomic mass is 16.4. The topological polar surface area (TPSA) is 89.9 Å². The van der Waals surface area contributed by atoms with Crippen molar-refractivity contribution < 1.29 is 19.8 Å². The molecule has 0 heterocycles. The lowest BCUT2D eigenvalue weighted by atomic mass is 10.2. The molecule has 2 unspecified atom stereocenters. The molecular weight excluding hydrogens is 224 g/mol. The molecule has 0 aromatic carbocycles. The SMILES string of the molecule is CC(C1CC1)N(C)C(=O)NC(CCO)C(=O)O. The van der Waals surface area contributed by atoms with E-state index in [9.17, 15) is 9.59 Å². The van der Waals surface area contributed by atoms with E-state index in [0.717, 1.165) is 12.8 Å². The third-order valence-corrected chi connectivity index (χ3v) is 3.25. The second-order valence-corrected chi connectivity index (χ2v) is 4.54. The zero-order valence-electron chi connectivity index (χ0n) is 10.2. The molecule has 0 bridgehead atoms. The first-order valence-corrected chi connectivity index (χ1v) is 5.84. The lowest BCUT2D eigenvalue weighted by molar-refractivity contribution is -0.139. The fraction of sp³-hybridized carbons (Fsp3) is 0.818. The minimum Gasteiger partial charge on any atom is -0.480 e. The van der Waals surface area contributed by atoms with E-state index >= 15 is 0 Å². The standard InChI is InChI=1S/C11H20N2O4/c1-7(8-3-4-8)13(2)11(17)12-9(5-6-14)10(15)16/h7-9,14H,3-6H2,1-2H3,(H,12,17)(H,15,16). The summed E-state index contributed by atoms with van der Waals surface area (Å²) in [5.74, 6) is -0.591. The Balaban J connectivity index is 2.47. The summed E-state index contributed by atoms with van der Waals surface area (Å²) in [7, 11) is 1.66. The molecule has 2 atom stereocenters. The zero-order valence-corrected chi connectivity index (χ0v) is 10.2. The van der Waals surface area contributed by atoms with E-state index in [0.29, 0.717) is 5.92 Å². The molecule has 1 fully saturated rings. The number of hydrogen-bond donors (Lipinski definition) is 3. The Morgan fingerprint density at radius 3 is 2.47 bits per heavy atom. The summed E-state index contributed by atoms with van der Waals surface area (Å²) in [5.41, 5.74) is 0. The molecule has 3 N–H and O–H groups in total. The molecule has 6 nitrogen and oxygen atoms in total. The van der Waals surface area contributed by atoms with Gasteiger partial charge in [0.1, 0.15) is 6.04 Å². The Morgan fingerprint density at radius 2 is 2.06 bits per heavy atom. The number of urea groups is 1. The number of carbonyl (C=O) groups excluding carboxylic acids is 1. The third-order valence-electron chi connectivity index (χ3n) is 3.25. The smallest absolute Gasteiger partial charge is 0.326 e. The predicted molar refractivity (Wildman–Crippen MR) is 61.6 cm³/mol. The Bertz CT molecular complexity index is 291. The molecule has 0 spiro atoms. The van der Waals surface area contributed by atoms with Gasteiger partial charge in [0.2, 0.25) is 0 Å². The third kappa shape index (κ3) is 3.89. The number of aliphatic carboxylic acids is 1. The van der Waals surface area contributed by atoms with E-state index in [2.05, 4.69) is 5.32 Å². The summed E-state index contributed by atoms with van der Waals surface area (Å²) in [6.45, 7) is 1.69. The molecule has 0 aromatic heterocycles. The van der Waals surface area contributed by atoms with Gasteiger partial charge in [-0.15, -0.1) is 0 Å². The van der Waals surface area contributed by atoms with Crippen molar-refractivity contribution in [3.63, 3.8) is 0 Å². The molecule has 2 amide bonds. The predicted octanol–water partition coefficient (Wildman–Crippen LogP) is 0.262. The summed E-state index contributed by atoms with van der Waals surface area (Å²) in [4.78, 5) is 24.1. The second kappa shape index (κ2) is 5.86. The van der Waals surface area contributed by atoms with Gasteiger partial charge in [-0.1, -0.05) is 0 Å². The number of carbonyl (C=O) groups is 2. The van der Waals surface area contributed by atoms with E-state index < -0.39 is 18.0 Å². The summed E-state index contributed by atoms with van der Waals surface area (Å²) >= 11 is 0. The normalized spacial score (nSPS) is 18.3. The Labute approximate surface area is 101 Å². The van der Waals surface area contributed by atoms with Crippen LogP contribution in [0, 0.1) is 5.92 Å². The monoisotopic (exact) mass is 244 g/mol. The first-order chi connectivity index (χ1) is 7.97. The van der Waals surface area contributed by atoms with Crippen LogP contribution in [0.25, 0.3) is 0 Å². The van der Waals surface area contributed by atoms with Crippen LogP contribution in [-0.4, -0.2) is 52.9 Å². The van der Waals surface area contributed by atoms with Crippen molar-refractivity contribution in [2.24, 2.45) is 5.92 Å². The fourth-order valence-electron chi connectivity index (χ4n) is 1.72. The molecule has 1 rings (SSSR count).